The first-order valence-corrected chi connectivity index (χ1v) is 19.8. The molecule has 272 valence electrons. The lowest BCUT2D eigenvalue weighted by molar-refractivity contribution is 0.670. The van der Waals surface area contributed by atoms with Crippen LogP contribution < -0.4 is 4.90 Å². The van der Waals surface area contributed by atoms with Crippen LogP contribution in [0, 0.1) is 0 Å². The molecule has 0 aliphatic rings. The van der Waals surface area contributed by atoms with Crippen LogP contribution in [-0.4, -0.2) is 0 Å². The lowest BCUT2D eigenvalue weighted by atomic mass is 9.96. The molecule has 11 rings (SSSR count). The highest BCUT2D eigenvalue weighted by Gasteiger charge is 2.18. The molecule has 0 unspecified atom stereocenters. The topological polar surface area (TPSA) is 16.4 Å². The van der Waals surface area contributed by atoms with E-state index in [2.05, 4.69) is 229 Å². The summed E-state index contributed by atoms with van der Waals surface area (Å²) in [4.78, 5) is 2.34. The van der Waals surface area contributed by atoms with E-state index in [1.54, 1.807) is 0 Å². The summed E-state index contributed by atoms with van der Waals surface area (Å²) >= 11 is 0. The second-order valence-corrected chi connectivity index (χ2v) is 14.9. The molecule has 0 saturated heterocycles. The maximum atomic E-state index is 6.57. The maximum Gasteiger partial charge on any atom is 0.143 e. The summed E-state index contributed by atoms with van der Waals surface area (Å²) in [5, 5.41) is 4.80. The molecular formula is C56H37NO. The van der Waals surface area contributed by atoms with Crippen molar-refractivity contribution in [3.05, 3.63) is 224 Å². The Labute approximate surface area is 337 Å². The SMILES string of the molecule is c1ccc(-c2cccc(-c3ccc(N(c4ccc(-c5cccc(-c6ccccc6)c5)cc4)c4ccc(-c5ccc6ccc7cccc8oc5c6c78)cc4)cc3)c2)cc1. The highest BCUT2D eigenvalue weighted by molar-refractivity contribution is 6.24. The Hall–Kier alpha value is -7.68. The Morgan fingerprint density at radius 2 is 0.672 bits per heavy atom. The van der Waals surface area contributed by atoms with Gasteiger partial charge in [-0.05, 0) is 122 Å². The zero-order chi connectivity index (χ0) is 38.4. The van der Waals surface area contributed by atoms with E-state index in [0.29, 0.717) is 0 Å². The van der Waals surface area contributed by atoms with Gasteiger partial charge in [-0.1, -0.05) is 164 Å². The molecule has 2 heteroatoms. The van der Waals surface area contributed by atoms with Crippen LogP contribution in [0.15, 0.2) is 229 Å². The van der Waals surface area contributed by atoms with E-state index in [9.17, 15) is 0 Å². The van der Waals surface area contributed by atoms with Gasteiger partial charge in [-0.15, -0.1) is 0 Å². The molecule has 1 heterocycles. The van der Waals surface area contributed by atoms with E-state index in [1.807, 2.05) is 0 Å². The second kappa shape index (κ2) is 14.1. The van der Waals surface area contributed by atoms with Gasteiger partial charge < -0.3 is 9.32 Å². The van der Waals surface area contributed by atoms with Gasteiger partial charge in [0, 0.05) is 33.4 Å². The molecule has 0 fully saturated rings. The lowest BCUT2D eigenvalue weighted by Crippen LogP contribution is -2.09. The van der Waals surface area contributed by atoms with Crippen LogP contribution >= 0.6 is 0 Å². The minimum Gasteiger partial charge on any atom is -0.455 e. The molecule has 0 saturated carbocycles. The Kier molecular flexibility index (Phi) is 8.19. The molecule has 0 aliphatic heterocycles. The highest BCUT2D eigenvalue weighted by atomic mass is 16.3. The van der Waals surface area contributed by atoms with Gasteiger partial charge in [-0.25, -0.2) is 0 Å². The zero-order valence-electron chi connectivity index (χ0n) is 31.7. The summed E-state index contributed by atoms with van der Waals surface area (Å²) in [6.07, 6.45) is 0. The third-order valence-corrected chi connectivity index (χ3v) is 11.4. The zero-order valence-corrected chi connectivity index (χ0v) is 31.7. The number of furan rings is 1. The molecule has 11 aromatic rings. The monoisotopic (exact) mass is 739 g/mol. The Balaban J connectivity index is 0.972. The Morgan fingerprint density at radius 1 is 0.276 bits per heavy atom. The molecule has 1 aromatic heterocycles. The molecule has 10 aromatic carbocycles. The normalized spacial score (nSPS) is 11.4. The van der Waals surface area contributed by atoms with Crippen molar-refractivity contribution in [2.45, 2.75) is 0 Å². The largest absolute Gasteiger partial charge is 0.455 e. The molecule has 0 aliphatic carbocycles. The van der Waals surface area contributed by atoms with Crippen molar-refractivity contribution < 1.29 is 4.42 Å². The smallest absolute Gasteiger partial charge is 0.143 e. The van der Waals surface area contributed by atoms with Gasteiger partial charge in [0.2, 0.25) is 0 Å². The maximum absolute atomic E-state index is 6.57. The summed E-state index contributed by atoms with van der Waals surface area (Å²) in [5.74, 6) is 0. The van der Waals surface area contributed by atoms with E-state index in [4.69, 9.17) is 4.42 Å². The molecule has 0 spiro atoms. The number of benzene rings is 10. The van der Waals surface area contributed by atoms with Crippen LogP contribution in [-0.2, 0) is 0 Å². The molecule has 0 N–H and O–H groups in total. The number of anilines is 3. The van der Waals surface area contributed by atoms with Crippen molar-refractivity contribution in [3.8, 4) is 55.6 Å². The van der Waals surface area contributed by atoms with Crippen molar-refractivity contribution in [2.24, 2.45) is 0 Å². The van der Waals surface area contributed by atoms with E-state index >= 15 is 0 Å². The van der Waals surface area contributed by atoms with E-state index < -0.39 is 0 Å². The van der Waals surface area contributed by atoms with Gasteiger partial charge in [-0.2, -0.15) is 0 Å². The van der Waals surface area contributed by atoms with Crippen LogP contribution in [0.1, 0.15) is 0 Å². The predicted octanol–water partition coefficient (Wildman–Crippen LogP) is 16.0. The second-order valence-electron chi connectivity index (χ2n) is 14.9. The molecule has 0 bridgehead atoms. The third-order valence-electron chi connectivity index (χ3n) is 11.4. The molecule has 0 amide bonds. The summed E-state index contributed by atoms with van der Waals surface area (Å²) < 4.78 is 6.57. The summed E-state index contributed by atoms with van der Waals surface area (Å²) in [6.45, 7) is 0. The van der Waals surface area contributed by atoms with Gasteiger partial charge in [0.15, 0.2) is 0 Å². The Morgan fingerprint density at radius 3 is 1.17 bits per heavy atom. The summed E-state index contributed by atoms with van der Waals surface area (Å²) in [6, 6.07) is 80.6. The molecule has 0 atom stereocenters. The fourth-order valence-corrected chi connectivity index (χ4v) is 8.52. The fraction of sp³-hybridized carbons (Fsp3) is 0. The first-order valence-electron chi connectivity index (χ1n) is 19.8. The van der Waals surface area contributed by atoms with E-state index in [-0.39, 0.29) is 0 Å². The van der Waals surface area contributed by atoms with Gasteiger partial charge in [0.1, 0.15) is 11.2 Å². The minimum atomic E-state index is 0.929. The molecule has 0 radical (unpaired) electrons. The van der Waals surface area contributed by atoms with Crippen LogP contribution in [0.5, 0.6) is 0 Å². The quantitative estimate of drug-likeness (QED) is 0.144. The van der Waals surface area contributed by atoms with Gasteiger partial charge >= 0.3 is 0 Å². The number of hydrogen-bond acceptors (Lipinski definition) is 2. The predicted molar refractivity (Wildman–Crippen MR) is 244 cm³/mol. The average Bonchev–Trinajstić information content (AvgIpc) is 3.71. The first-order chi connectivity index (χ1) is 28.7. The third kappa shape index (κ3) is 6.00. The van der Waals surface area contributed by atoms with Crippen LogP contribution in [0.3, 0.4) is 0 Å². The van der Waals surface area contributed by atoms with Crippen molar-refractivity contribution in [3.63, 3.8) is 0 Å². The fourth-order valence-electron chi connectivity index (χ4n) is 8.52. The summed E-state index contributed by atoms with van der Waals surface area (Å²) in [5.41, 5.74) is 16.9. The minimum absolute atomic E-state index is 0.929. The number of rotatable bonds is 8. The first kappa shape index (κ1) is 33.6. The standard InChI is InChI=1S/C56H37NO/c1-3-10-38(11-4-1)45-15-7-17-47(36-45)40-22-29-49(30-23-40)57(50-31-24-41(25-32-50)48-18-8-16-46(37-48)39-12-5-2-6-13-39)51-33-26-42(27-34-51)52-35-28-44-21-20-43-14-9-19-53-54(43)55(44)56(52)58-53/h1-37H. The number of hydrogen-bond donors (Lipinski definition) is 0. The average molecular weight is 740 g/mol. The summed E-state index contributed by atoms with van der Waals surface area (Å²) in [7, 11) is 0. The highest BCUT2D eigenvalue weighted by Crippen LogP contribution is 2.43. The van der Waals surface area contributed by atoms with Crippen molar-refractivity contribution in [1.29, 1.82) is 0 Å². The van der Waals surface area contributed by atoms with Crippen LogP contribution in [0.4, 0.5) is 17.1 Å². The van der Waals surface area contributed by atoms with Crippen molar-refractivity contribution in [1.82, 2.24) is 0 Å². The molecule has 58 heavy (non-hydrogen) atoms. The number of nitrogens with zero attached hydrogens (tertiary/aromatic N) is 1. The van der Waals surface area contributed by atoms with E-state index in [0.717, 1.165) is 39.4 Å². The Bertz CT molecular complexity index is 3050. The van der Waals surface area contributed by atoms with Crippen molar-refractivity contribution >= 4 is 49.8 Å². The van der Waals surface area contributed by atoms with Crippen molar-refractivity contribution in [2.75, 3.05) is 4.90 Å². The lowest BCUT2D eigenvalue weighted by Gasteiger charge is -2.26. The van der Waals surface area contributed by atoms with E-state index in [1.165, 1.54) is 66.1 Å². The molecule has 2 nitrogen and oxygen atoms in total. The van der Waals surface area contributed by atoms with Gasteiger partial charge in [0.25, 0.3) is 0 Å². The van der Waals surface area contributed by atoms with Gasteiger partial charge in [-0.3, -0.25) is 0 Å². The molecular weight excluding hydrogens is 703 g/mol. The van der Waals surface area contributed by atoms with Gasteiger partial charge in [0.05, 0.1) is 0 Å². The van der Waals surface area contributed by atoms with Crippen LogP contribution in [0.2, 0.25) is 0 Å². The van der Waals surface area contributed by atoms with Crippen LogP contribution in [0.25, 0.3) is 88.3 Å².